The molecule has 0 N–H and O–H groups in total. The Kier molecular flexibility index (Phi) is 15.2. The van der Waals surface area contributed by atoms with E-state index in [2.05, 4.69) is 6.92 Å². The molecule has 0 spiro atoms. The fraction of sp³-hybridized carbons (Fsp3) is 0.750. The van der Waals surface area contributed by atoms with Crippen LogP contribution in [0, 0.1) is 0 Å². The molecule has 0 heterocycles. The molecule has 0 saturated carbocycles. The van der Waals surface area contributed by atoms with Crippen molar-refractivity contribution >= 4 is 10.1 Å². The van der Waals surface area contributed by atoms with Gasteiger partial charge in [-0.15, -0.1) is 0 Å². The van der Waals surface area contributed by atoms with Gasteiger partial charge in [-0.05, 0) is 24.1 Å². The average molecular weight is 427 g/mol. The van der Waals surface area contributed by atoms with Gasteiger partial charge in [0, 0.05) is 7.11 Å². The maximum atomic E-state index is 12.2. The van der Waals surface area contributed by atoms with Crippen LogP contribution in [0.25, 0.3) is 0 Å². The maximum Gasteiger partial charge on any atom is 0.296 e. The van der Waals surface area contributed by atoms with Crippen LogP contribution < -0.4 is 0 Å². The molecule has 0 saturated heterocycles. The number of hydrogen-bond acceptors (Lipinski definition) is 4. The highest BCUT2D eigenvalue weighted by molar-refractivity contribution is 7.86. The third-order valence-corrected chi connectivity index (χ3v) is 6.59. The third-order valence-electron chi connectivity index (χ3n) is 5.26. The molecule has 1 aromatic rings. The smallest absolute Gasteiger partial charge is 0.296 e. The highest BCUT2D eigenvalue weighted by atomic mass is 32.2. The van der Waals surface area contributed by atoms with Crippen LogP contribution in [0.3, 0.4) is 0 Å². The zero-order valence-electron chi connectivity index (χ0n) is 18.7. The molecule has 0 radical (unpaired) electrons. The fourth-order valence-corrected chi connectivity index (χ4v) is 4.40. The van der Waals surface area contributed by atoms with E-state index in [1.807, 2.05) is 0 Å². The summed E-state index contributed by atoms with van der Waals surface area (Å²) in [6.07, 6.45) is 17.9. The van der Waals surface area contributed by atoms with Crippen LogP contribution >= 0.6 is 0 Å². The van der Waals surface area contributed by atoms with E-state index in [9.17, 15) is 8.42 Å². The van der Waals surface area contributed by atoms with Crippen LogP contribution in [0.2, 0.25) is 0 Å². The first-order valence-electron chi connectivity index (χ1n) is 11.6. The number of benzene rings is 1. The minimum absolute atomic E-state index is 0.211. The summed E-state index contributed by atoms with van der Waals surface area (Å²) in [6.45, 7) is 3.00. The molecule has 0 aliphatic carbocycles. The summed E-state index contributed by atoms with van der Waals surface area (Å²) < 4.78 is 34.6. The van der Waals surface area contributed by atoms with Crippen LogP contribution in [-0.4, -0.2) is 22.1 Å². The summed E-state index contributed by atoms with van der Waals surface area (Å²) >= 11 is 0. The summed E-state index contributed by atoms with van der Waals surface area (Å²) in [7, 11) is -2.04. The summed E-state index contributed by atoms with van der Waals surface area (Å²) in [4.78, 5) is 0.211. The lowest BCUT2D eigenvalue weighted by Crippen LogP contribution is -2.07. The topological polar surface area (TPSA) is 52.6 Å². The first kappa shape index (κ1) is 26.1. The van der Waals surface area contributed by atoms with Gasteiger partial charge >= 0.3 is 0 Å². The maximum absolute atomic E-state index is 12.2. The van der Waals surface area contributed by atoms with Gasteiger partial charge in [0.1, 0.15) is 0 Å². The number of methoxy groups -OCH3 is 1. The van der Waals surface area contributed by atoms with Gasteiger partial charge in [0.15, 0.2) is 0 Å². The van der Waals surface area contributed by atoms with Gasteiger partial charge in [0.25, 0.3) is 10.1 Å². The average Bonchev–Trinajstić information content (AvgIpc) is 2.71. The van der Waals surface area contributed by atoms with Gasteiger partial charge in [-0.2, -0.15) is 8.42 Å². The fourth-order valence-electron chi connectivity index (χ4n) is 3.45. The van der Waals surface area contributed by atoms with Crippen molar-refractivity contribution in [1.29, 1.82) is 0 Å². The lowest BCUT2D eigenvalue weighted by molar-refractivity contribution is 0.185. The Labute approximate surface area is 179 Å². The predicted molar refractivity (Wildman–Crippen MR) is 121 cm³/mol. The minimum Gasteiger partial charge on any atom is -0.380 e. The molecule has 0 aliphatic heterocycles. The van der Waals surface area contributed by atoms with E-state index in [1.54, 1.807) is 31.4 Å². The lowest BCUT2D eigenvalue weighted by atomic mass is 10.0. The molecule has 1 rings (SSSR count). The largest absolute Gasteiger partial charge is 0.380 e. The van der Waals surface area contributed by atoms with Gasteiger partial charge < -0.3 is 4.74 Å². The van der Waals surface area contributed by atoms with Crippen molar-refractivity contribution in [1.82, 2.24) is 0 Å². The molecule has 0 aromatic heterocycles. The Bertz CT molecular complexity index is 596. The van der Waals surface area contributed by atoms with E-state index in [1.165, 1.54) is 70.6 Å². The van der Waals surface area contributed by atoms with Gasteiger partial charge in [-0.3, -0.25) is 4.18 Å². The van der Waals surface area contributed by atoms with Crippen molar-refractivity contribution in [3.8, 4) is 0 Å². The summed E-state index contributed by atoms with van der Waals surface area (Å²) in [6, 6.07) is 6.67. The molecule has 4 nitrogen and oxygen atoms in total. The number of hydrogen-bond donors (Lipinski definition) is 0. The summed E-state index contributed by atoms with van der Waals surface area (Å²) in [5.74, 6) is 0. The van der Waals surface area contributed by atoms with E-state index in [0.717, 1.165) is 24.8 Å². The number of ether oxygens (including phenoxy) is 1. The first-order chi connectivity index (χ1) is 14.1. The van der Waals surface area contributed by atoms with Crippen molar-refractivity contribution in [3.05, 3.63) is 29.8 Å². The van der Waals surface area contributed by atoms with Crippen LogP contribution in [0.5, 0.6) is 0 Å². The van der Waals surface area contributed by atoms with Crippen LogP contribution in [-0.2, 0) is 25.6 Å². The molecule has 29 heavy (non-hydrogen) atoms. The summed E-state index contributed by atoms with van der Waals surface area (Å²) in [5.41, 5.74) is 0.943. The first-order valence-corrected chi connectivity index (χ1v) is 13.0. The quantitative estimate of drug-likeness (QED) is 0.176. The Morgan fingerprint density at radius 2 is 1.14 bits per heavy atom. The van der Waals surface area contributed by atoms with Gasteiger partial charge in [0.05, 0.1) is 18.1 Å². The zero-order valence-corrected chi connectivity index (χ0v) is 19.5. The molecule has 168 valence electrons. The summed E-state index contributed by atoms with van der Waals surface area (Å²) in [5, 5.41) is 0. The van der Waals surface area contributed by atoms with Crippen molar-refractivity contribution in [2.75, 3.05) is 13.7 Å². The highest BCUT2D eigenvalue weighted by Crippen LogP contribution is 2.16. The standard InChI is InChI=1S/C24H42O4S/c1-3-4-5-6-7-8-9-10-11-12-13-14-15-16-21-28-29(25,26)24-19-17-23(18-20-24)22-27-2/h17-20H,3-16,21-22H2,1-2H3. The highest BCUT2D eigenvalue weighted by Gasteiger charge is 2.14. The normalized spacial score (nSPS) is 11.8. The van der Waals surface area contributed by atoms with E-state index in [-0.39, 0.29) is 11.5 Å². The molecule has 5 heteroatoms. The lowest BCUT2D eigenvalue weighted by Gasteiger charge is -2.07. The van der Waals surface area contributed by atoms with Gasteiger partial charge in [0.2, 0.25) is 0 Å². The van der Waals surface area contributed by atoms with Crippen molar-refractivity contribution < 1.29 is 17.3 Å². The van der Waals surface area contributed by atoms with Crippen LogP contribution in [0.1, 0.15) is 102 Å². The second-order valence-corrected chi connectivity index (χ2v) is 9.56. The van der Waals surface area contributed by atoms with Crippen molar-refractivity contribution in [3.63, 3.8) is 0 Å². The Hall–Kier alpha value is -0.910. The SMILES string of the molecule is CCCCCCCCCCCCCCCCOS(=O)(=O)c1ccc(COC)cc1. The van der Waals surface area contributed by atoms with E-state index < -0.39 is 10.1 Å². The molecule has 0 fully saturated rings. The minimum atomic E-state index is -3.65. The third kappa shape index (κ3) is 13.1. The van der Waals surface area contributed by atoms with Crippen LogP contribution in [0.15, 0.2) is 29.2 Å². The van der Waals surface area contributed by atoms with Gasteiger partial charge in [-0.25, -0.2) is 0 Å². The molecule has 1 aromatic carbocycles. The van der Waals surface area contributed by atoms with Gasteiger partial charge in [-0.1, -0.05) is 103 Å². The second kappa shape index (κ2) is 16.8. The van der Waals surface area contributed by atoms with E-state index >= 15 is 0 Å². The molecule has 0 bridgehead atoms. The molecule has 0 amide bonds. The molecule has 0 unspecified atom stereocenters. The van der Waals surface area contributed by atoms with Crippen LogP contribution in [0.4, 0.5) is 0 Å². The number of unbranched alkanes of at least 4 members (excludes halogenated alkanes) is 13. The number of rotatable bonds is 19. The molecule has 0 atom stereocenters. The van der Waals surface area contributed by atoms with E-state index in [0.29, 0.717) is 6.61 Å². The zero-order chi connectivity index (χ0) is 21.2. The molecule has 0 aliphatic rings. The second-order valence-electron chi connectivity index (χ2n) is 7.95. The Morgan fingerprint density at radius 3 is 1.59 bits per heavy atom. The molecular formula is C24H42O4S. The van der Waals surface area contributed by atoms with Crippen molar-refractivity contribution in [2.45, 2.75) is 108 Å². The monoisotopic (exact) mass is 426 g/mol. The predicted octanol–water partition coefficient (Wildman–Crippen LogP) is 7.02. The Morgan fingerprint density at radius 1 is 0.690 bits per heavy atom. The van der Waals surface area contributed by atoms with Crippen molar-refractivity contribution in [2.24, 2.45) is 0 Å². The van der Waals surface area contributed by atoms with E-state index in [4.69, 9.17) is 8.92 Å². The Balaban J connectivity index is 1.97. The molecular weight excluding hydrogens is 384 g/mol.